The largest absolute Gasteiger partial charge is 0.417 e. The highest BCUT2D eigenvalue weighted by Crippen LogP contribution is 2.29. The zero-order valence-electron chi connectivity index (χ0n) is 20.2. The van der Waals surface area contributed by atoms with Gasteiger partial charge in [-0.15, -0.1) is 0 Å². The Morgan fingerprint density at radius 1 is 1.03 bits per heavy atom. The third-order valence-electron chi connectivity index (χ3n) is 6.85. The quantitative estimate of drug-likeness (QED) is 0.414. The van der Waals surface area contributed by atoms with Crippen molar-refractivity contribution in [3.8, 4) is 0 Å². The van der Waals surface area contributed by atoms with Gasteiger partial charge in [-0.1, -0.05) is 12.1 Å². The number of amides is 1. The number of aryl methyl sites for hydroxylation is 2. The highest BCUT2D eigenvalue weighted by molar-refractivity contribution is 5.92. The lowest BCUT2D eigenvalue weighted by molar-refractivity contribution is -0.137. The number of fused-ring (bicyclic) bond motifs is 3. The highest BCUT2D eigenvalue weighted by Gasteiger charge is 2.31. The average molecular weight is 497 g/mol. The molecule has 0 unspecified atom stereocenters. The summed E-state index contributed by atoms with van der Waals surface area (Å²) < 4.78 is 40.4. The van der Waals surface area contributed by atoms with E-state index in [1.165, 1.54) is 6.07 Å². The predicted molar refractivity (Wildman–Crippen MR) is 131 cm³/mol. The molecule has 1 aliphatic heterocycles. The molecule has 0 saturated carbocycles. The number of hydrogen-bond donors (Lipinski definition) is 0. The Balaban J connectivity index is 1.25. The molecule has 3 aromatic heterocycles. The summed E-state index contributed by atoms with van der Waals surface area (Å²) in [5, 5.41) is 5.69. The number of nitrogens with zero attached hydrogens (tertiary/aromatic N) is 6. The van der Waals surface area contributed by atoms with E-state index in [0.29, 0.717) is 44.8 Å². The fourth-order valence-corrected chi connectivity index (χ4v) is 4.87. The lowest BCUT2D eigenvalue weighted by Gasteiger charge is -2.23. The van der Waals surface area contributed by atoms with Crippen LogP contribution in [0.1, 0.15) is 35.4 Å². The molecule has 36 heavy (non-hydrogen) atoms. The van der Waals surface area contributed by atoms with E-state index in [0.717, 1.165) is 52.2 Å². The van der Waals surface area contributed by atoms with E-state index in [9.17, 15) is 18.0 Å². The number of carbonyl (C=O) groups is 1. The second kappa shape index (κ2) is 9.40. The molecule has 5 rings (SSSR count). The number of alkyl halides is 3. The van der Waals surface area contributed by atoms with Gasteiger partial charge in [0.15, 0.2) is 5.65 Å². The first-order valence-corrected chi connectivity index (χ1v) is 12.0. The molecule has 0 aliphatic carbocycles. The molecule has 1 fully saturated rings. The van der Waals surface area contributed by atoms with Crippen molar-refractivity contribution in [3.63, 3.8) is 0 Å². The summed E-state index contributed by atoms with van der Waals surface area (Å²) >= 11 is 0. The number of aromatic nitrogens is 4. The maximum Gasteiger partial charge on any atom is 0.417 e. The van der Waals surface area contributed by atoms with Crippen LogP contribution in [0.15, 0.2) is 42.6 Å². The molecule has 7 nitrogen and oxygen atoms in total. The van der Waals surface area contributed by atoms with Crippen LogP contribution in [-0.4, -0.2) is 56.6 Å². The molecule has 4 heterocycles. The van der Waals surface area contributed by atoms with Crippen molar-refractivity contribution < 1.29 is 18.0 Å². The summed E-state index contributed by atoms with van der Waals surface area (Å²) in [6.07, 6.45) is -1.90. The van der Waals surface area contributed by atoms with Gasteiger partial charge in [0.25, 0.3) is 0 Å². The fraction of sp³-hybridized carbons (Fsp3) is 0.385. The van der Waals surface area contributed by atoms with Gasteiger partial charge in [-0.05, 0) is 56.5 Å². The van der Waals surface area contributed by atoms with E-state index in [4.69, 9.17) is 4.98 Å². The number of benzene rings is 1. The van der Waals surface area contributed by atoms with E-state index in [2.05, 4.69) is 10.1 Å². The topological polar surface area (TPSA) is 66.6 Å². The Bertz CT molecular complexity index is 1410. The van der Waals surface area contributed by atoms with Gasteiger partial charge in [-0.2, -0.15) is 18.3 Å². The number of rotatable bonds is 4. The molecule has 1 amide bonds. The van der Waals surface area contributed by atoms with Crippen LogP contribution in [-0.2, 0) is 17.4 Å². The molecule has 0 atom stereocenters. The Morgan fingerprint density at radius 2 is 1.83 bits per heavy atom. The normalized spacial score (nSPS) is 15.0. The van der Waals surface area contributed by atoms with Gasteiger partial charge >= 0.3 is 6.18 Å². The third kappa shape index (κ3) is 4.59. The zero-order valence-corrected chi connectivity index (χ0v) is 20.2. The first-order chi connectivity index (χ1) is 17.2. The summed E-state index contributed by atoms with van der Waals surface area (Å²) in [4.78, 5) is 25.6. The van der Waals surface area contributed by atoms with Gasteiger partial charge in [0.1, 0.15) is 5.82 Å². The molecule has 1 saturated heterocycles. The first-order valence-electron chi connectivity index (χ1n) is 12.0. The Morgan fingerprint density at radius 3 is 2.58 bits per heavy atom. The van der Waals surface area contributed by atoms with Crippen molar-refractivity contribution in [2.24, 2.45) is 0 Å². The summed E-state index contributed by atoms with van der Waals surface area (Å²) in [6, 6.07) is 10.3. The lowest BCUT2D eigenvalue weighted by Crippen LogP contribution is -2.35. The monoisotopic (exact) mass is 496 g/mol. The molecule has 1 aromatic carbocycles. The molecular formula is C26H27F3N6O. The van der Waals surface area contributed by atoms with Crippen molar-refractivity contribution in [2.45, 2.75) is 39.3 Å². The second-order valence-corrected chi connectivity index (χ2v) is 9.14. The van der Waals surface area contributed by atoms with E-state index >= 15 is 0 Å². The molecule has 188 valence electrons. The highest BCUT2D eigenvalue weighted by atomic mass is 19.4. The van der Waals surface area contributed by atoms with Crippen LogP contribution in [0.4, 0.5) is 19.0 Å². The van der Waals surface area contributed by atoms with Gasteiger partial charge in [-0.3, -0.25) is 4.79 Å². The van der Waals surface area contributed by atoms with E-state index in [-0.39, 0.29) is 5.91 Å². The van der Waals surface area contributed by atoms with E-state index in [1.54, 1.807) is 0 Å². The van der Waals surface area contributed by atoms with Crippen molar-refractivity contribution in [1.82, 2.24) is 24.5 Å². The predicted octanol–water partition coefficient (Wildman–Crippen LogP) is 4.58. The molecule has 0 radical (unpaired) electrons. The zero-order chi connectivity index (χ0) is 25.4. The fourth-order valence-electron chi connectivity index (χ4n) is 4.87. The smallest absolute Gasteiger partial charge is 0.355 e. The minimum Gasteiger partial charge on any atom is -0.355 e. The van der Waals surface area contributed by atoms with Crippen LogP contribution < -0.4 is 4.90 Å². The van der Waals surface area contributed by atoms with Gasteiger partial charge in [-0.25, -0.2) is 14.5 Å². The van der Waals surface area contributed by atoms with E-state index < -0.39 is 11.7 Å². The second-order valence-electron chi connectivity index (χ2n) is 9.14. The van der Waals surface area contributed by atoms with Crippen LogP contribution in [0.5, 0.6) is 0 Å². The summed E-state index contributed by atoms with van der Waals surface area (Å²) in [7, 11) is 0. The molecule has 0 spiro atoms. The molecule has 10 heteroatoms. The van der Waals surface area contributed by atoms with Crippen molar-refractivity contribution >= 4 is 28.3 Å². The summed E-state index contributed by atoms with van der Waals surface area (Å²) in [5.41, 5.74) is 3.84. The third-order valence-corrected chi connectivity index (χ3v) is 6.85. The van der Waals surface area contributed by atoms with Gasteiger partial charge in [0.2, 0.25) is 5.91 Å². The molecule has 4 aromatic rings. The molecular weight excluding hydrogens is 469 g/mol. The van der Waals surface area contributed by atoms with Crippen molar-refractivity contribution in [2.75, 3.05) is 31.1 Å². The number of halogens is 3. The Kier molecular flexibility index (Phi) is 6.27. The standard InChI is InChI=1S/C26H27F3N6O/c1-17-20(18(2)35-25(31-17)21-6-3-4-7-22(21)32-35)9-11-24(36)34-13-5-12-33(14-15-34)23-10-8-19(16-30-23)26(27,28)29/h3-4,6-8,10,16H,5,9,11-15H2,1-2H3. The van der Waals surface area contributed by atoms with Crippen LogP contribution in [0.25, 0.3) is 16.6 Å². The van der Waals surface area contributed by atoms with E-state index in [1.807, 2.05) is 52.4 Å². The summed E-state index contributed by atoms with van der Waals surface area (Å²) in [6.45, 7) is 6.24. The number of anilines is 1. The number of pyridine rings is 1. The van der Waals surface area contributed by atoms with Crippen molar-refractivity contribution in [3.05, 3.63) is 65.1 Å². The molecule has 0 bridgehead atoms. The average Bonchev–Trinajstić information content (AvgIpc) is 3.05. The minimum absolute atomic E-state index is 0.0572. The van der Waals surface area contributed by atoms with Crippen molar-refractivity contribution in [1.29, 1.82) is 0 Å². The Hall–Kier alpha value is -3.69. The van der Waals surface area contributed by atoms with Crippen LogP contribution in [0, 0.1) is 13.8 Å². The SMILES string of the molecule is Cc1nc2c3ccccc3nn2c(C)c1CCC(=O)N1CCCN(c2ccc(C(F)(F)F)cn2)CC1. The number of carbonyl (C=O) groups excluding carboxylic acids is 1. The maximum atomic E-state index is 13.1. The van der Waals surface area contributed by atoms with Crippen LogP contribution >= 0.6 is 0 Å². The van der Waals surface area contributed by atoms with Gasteiger partial charge < -0.3 is 9.80 Å². The van der Waals surface area contributed by atoms with Gasteiger partial charge in [0.05, 0.1) is 11.1 Å². The van der Waals surface area contributed by atoms with Gasteiger partial charge in [0, 0.05) is 55.6 Å². The minimum atomic E-state index is -4.41. The summed E-state index contributed by atoms with van der Waals surface area (Å²) in [5.74, 6) is 0.552. The molecule has 0 N–H and O–H groups in total. The first kappa shape index (κ1) is 24.0. The lowest BCUT2D eigenvalue weighted by atomic mass is 10.1. The Labute approximate surface area is 206 Å². The molecule has 1 aliphatic rings. The van der Waals surface area contributed by atoms with Crippen LogP contribution in [0.2, 0.25) is 0 Å². The number of hydrogen-bond acceptors (Lipinski definition) is 5. The maximum absolute atomic E-state index is 13.1. The van der Waals surface area contributed by atoms with Crippen LogP contribution in [0.3, 0.4) is 0 Å².